The summed E-state index contributed by atoms with van der Waals surface area (Å²) >= 11 is 0. The van der Waals surface area contributed by atoms with E-state index in [1.54, 1.807) is 17.3 Å². The number of nitrogens with zero attached hydrogens (tertiary/aromatic N) is 2. The molecule has 1 amide bonds. The van der Waals surface area contributed by atoms with E-state index in [9.17, 15) is 4.79 Å². The van der Waals surface area contributed by atoms with Crippen molar-refractivity contribution in [1.82, 2.24) is 14.9 Å². The molecule has 0 radical (unpaired) electrons. The lowest BCUT2D eigenvalue weighted by atomic mass is 10.1. The van der Waals surface area contributed by atoms with Crippen LogP contribution < -0.4 is 0 Å². The summed E-state index contributed by atoms with van der Waals surface area (Å²) in [7, 11) is 1.85. The SMILES string of the molecule is Cc1[nH]c2ccc(C(=O)N(C)CCc3ccncc3)cc2c1C. The monoisotopic (exact) mass is 307 g/mol. The number of hydrogen-bond donors (Lipinski definition) is 1. The third-order valence-electron chi connectivity index (χ3n) is 4.39. The van der Waals surface area contributed by atoms with Crippen molar-refractivity contribution < 1.29 is 4.79 Å². The zero-order chi connectivity index (χ0) is 16.4. The number of nitrogens with one attached hydrogen (secondary N) is 1. The molecular formula is C19H21N3O. The summed E-state index contributed by atoms with van der Waals surface area (Å²) in [6.45, 7) is 4.82. The number of benzene rings is 1. The summed E-state index contributed by atoms with van der Waals surface area (Å²) in [5.74, 6) is 0.0548. The third-order valence-corrected chi connectivity index (χ3v) is 4.39. The number of carbonyl (C=O) groups is 1. The van der Waals surface area contributed by atoms with Gasteiger partial charge in [-0.25, -0.2) is 0 Å². The van der Waals surface area contributed by atoms with E-state index < -0.39 is 0 Å². The first-order chi connectivity index (χ1) is 11.1. The van der Waals surface area contributed by atoms with Crippen LogP contribution in [0.25, 0.3) is 10.9 Å². The van der Waals surface area contributed by atoms with Crippen LogP contribution in [0.3, 0.4) is 0 Å². The molecule has 0 atom stereocenters. The quantitative estimate of drug-likeness (QED) is 0.802. The number of hydrogen-bond acceptors (Lipinski definition) is 2. The Morgan fingerprint density at radius 3 is 2.65 bits per heavy atom. The number of carbonyl (C=O) groups excluding carboxylic acids is 1. The van der Waals surface area contributed by atoms with Gasteiger partial charge in [0.25, 0.3) is 5.91 Å². The maximum absolute atomic E-state index is 12.6. The smallest absolute Gasteiger partial charge is 0.253 e. The second-order valence-electron chi connectivity index (χ2n) is 5.97. The molecule has 0 aliphatic heterocycles. The predicted octanol–water partition coefficient (Wildman–Crippen LogP) is 3.49. The minimum atomic E-state index is 0.0548. The maximum Gasteiger partial charge on any atom is 0.253 e. The van der Waals surface area contributed by atoms with Gasteiger partial charge in [0, 0.05) is 48.1 Å². The van der Waals surface area contributed by atoms with E-state index >= 15 is 0 Å². The van der Waals surface area contributed by atoms with Crippen LogP contribution >= 0.6 is 0 Å². The highest BCUT2D eigenvalue weighted by Crippen LogP contribution is 2.22. The zero-order valence-corrected chi connectivity index (χ0v) is 13.8. The molecule has 2 aromatic heterocycles. The van der Waals surface area contributed by atoms with Crippen LogP contribution in [-0.4, -0.2) is 34.4 Å². The fourth-order valence-electron chi connectivity index (χ4n) is 2.76. The lowest BCUT2D eigenvalue weighted by molar-refractivity contribution is 0.0797. The van der Waals surface area contributed by atoms with Crippen molar-refractivity contribution in [3.05, 3.63) is 65.1 Å². The van der Waals surface area contributed by atoms with E-state index in [1.165, 1.54) is 11.1 Å². The number of aromatic amines is 1. The van der Waals surface area contributed by atoms with E-state index in [1.807, 2.05) is 37.4 Å². The molecule has 1 aromatic carbocycles. The Labute approximate surface area is 136 Å². The van der Waals surface area contributed by atoms with Gasteiger partial charge in [0.2, 0.25) is 0 Å². The summed E-state index contributed by atoms with van der Waals surface area (Å²) < 4.78 is 0. The van der Waals surface area contributed by atoms with Gasteiger partial charge >= 0.3 is 0 Å². The Morgan fingerprint density at radius 1 is 1.17 bits per heavy atom. The molecule has 0 aliphatic carbocycles. The molecule has 3 aromatic rings. The molecule has 0 bridgehead atoms. The van der Waals surface area contributed by atoms with Crippen LogP contribution in [0.5, 0.6) is 0 Å². The molecule has 118 valence electrons. The normalized spacial score (nSPS) is 10.9. The first-order valence-electron chi connectivity index (χ1n) is 7.79. The highest BCUT2D eigenvalue weighted by Gasteiger charge is 2.13. The van der Waals surface area contributed by atoms with Crippen molar-refractivity contribution in [1.29, 1.82) is 0 Å². The average molecular weight is 307 g/mol. The molecule has 0 unspecified atom stereocenters. The molecule has 3 rings (SSSR count). The molecular weight excluding hydrogens is 286 g/mol. The Morgan fingerprint density at radius 2 is 1.91 bits per heavy atom. The van der Waals surface area contributed by atoms with Crippen LogP contribution in [0, 0.1) is 13.8 Å². The minimum absolute atomic E-state index is 0.0548. The first-order valence-corrected chi connectivity index (χ1v) is 7.79. The van der Waals surface area contributed by atoms with Gasteiger partial charge in [0.1, 0.15) is 0 Å². The number of aromatic nitrogens is 2. The van der Waals surface area contributed by atoms with Crippen molar-refractivity contribution in [3.8, 4) is 0 Å². The Bertz CT molecular complexity index is 836. The van der Waals surface area contributed by atoms with Crippen LogP contribution in [0.15, 0.2) is 42.7 Å². The first kappa shape index (κ1) is 15.3. The van der Waals surface area contributed by atoms with Crippen LogP contribution in [0.2, 0.25) is 0 Å². The topological polar surface area (TPSA) is 49.0 Å². The van der Waals surface area contributed by atoms with Crippen molar-refractivity contribution in [3.63, 3.8) is 0 Å². The molecule has 4 heteroatoms. The summed E-state index contributed by atoms with van der Waals surface area (Å²) in [5, 5.41) is 1.12. The molecule has 0 saturated heterocycles. The third kappa shape index (κ3) is 3.11. The van der Waals surface area contributed by atoms with Gasteiger partial charge in [-0.3, -0.25) is 9.78 Å². The largest absolute Gasteiger partial charge is 0.358 e. The van der Waals surface area contributed by atoms with Crippen LogP contribution in [0.4, 0.5) is 0 Å². The summed E-state index contributed by atoms with van der Waals surface area (Å²) in [5.41, 5.74) is 5.35. The number of fused-ring (bicyclic) bond motifs is 1. The second-order valence-corrected chi connectivity index (χ2v) is 5.97. The van der Waals surface area contributed by atoms with E-state index in [4.69, 9.17) is 0 Å². The van der Waals surface area contributed by atoms with Crippen molar-refractivity contribution >= 4 is 16.8 Å². The number of rotatable bonds is 4. The number of likely N-dealkylation sites (N-methyl/N-ethyl adjacent to an activating group) is 1. The van der Waals surface area contributed by atoms with Gasteiger partial charge in [-0.1, -0.05) is 0 Å². The van der Waals surface area contributed by atoms with Crippen molar-refractivity contribution in [2.75, 3.05) is 13.6 Å². The zero-order valence-electron chi connectivity index (χ0n) is 13.8. The van der Waals surface area contributed by atoms with Gasteiger partial charge in [0.15, 0.2) is 0 Å². The van der Waals surface area contributed by atoms with Gasteiger partial charge in [0.05, 0.1) is 0 Å². The fraction of sp³-hybridized carbons (Fsp3) is 0.263. The van der Waals surface area contributed by atoms with Crippen molar-refractivity contribution in [2.45, 2.75) is 20.3 Å². The Balaban J connectivity index is 1.75. The number of amides is 1. The molecule has 0 spiro atoms. The molecule has 0 fully saturated rings. The van der Waals surface area contributed by atoms with E-state index in [0.717, 1.165) is 28.6 Å². The highest BCUT2D eigenvalue weighted by molar-refractivity contribution is 5.98. The molecule has 0 saturated carbocycles. The van der Waals surface area contributed by atoms with Crippen LogP contribution in [-0.2, 0) is 6.42 Å². The van der Waals surface area contributed by atoms with Gasteiger partial charge in [-0.05, 0) is 61.7 Å². The van der Waals surface area contributed by atoms with E-state index in [0.29, 0.717) is 6.54 Å². The number of aryl methyl sites for hydroxylation is 2. The second kappa shape index (κ2) is 6.24. The maximum atomic E-state index is 12.6. The fourth-order valence-corrected chi connectivity index (χ4v) is 2.76. The summed E-state index contributed by atoms with van der Waals surface area (Å²) in [6.07, 6.45) is 4.39. The molecule has 0 aliphatic rings. The minimum Gasteiger partial charge on any atom is -0.358 e. The van der Waals surface area contributed by atoms with Crippen molar-refractivity contribution in [2.24, 2.45) is 0 Å². The summed E-state index contributed by atoms with van der Waals surface area (Å²) in [4.78, 5) is 21.8. The predicted molar refractivity (Wildman–Crippen MR) is 92.7 cm³/mol. The van der Waals surface area contributed by atoms with Gasteiger partial charge in [-0.2, -0.15) is 0 Å². The standard InChI is InChI=1S/C19H21N3O/c1-13-14(2)21-18-5-4-16(12-17(13)18)19(23)22(3)11-8-15-6-9-20-10-7-15/h4-7,9-10,12,21H,8,11H2,1-3H3. The van der Waals surface area contributed by atoms with E-state index in [-0.39, 0.29) is 5.91 Å². The Kier molecular flexibility index (Phi) is 4.15. The van der Waals surface area contributed by atoms with E-state index in [2.05, 4.69) is 23.8 Å². The lowest BCUT2D eigenvalue weighted by Gasteiger charge is -2.17. The molecule has 1 N–H and O–H groups in total. The Hall–Kier alpha value is -2.62. The average Bonchev–Trinajstić information content (AvgIpc) is 2.87. The molecule has 2 heterocycles. The number of pyridine rings is 1. The number of H-pyrrole nitrogens is 1. The molecule has 4 nitrogen and oxygen atoms in total. The highest BCUT2D eigenvalue weighted by atomic mass is 16.2. The van der Waals surface area contributed by atoms with Gasteiger partial charge in [-0.15, -0.1) is 0 Å². The van der Waals surface area contributed by atoms with Crippen LogP contribution in [0.1, 0.15) is 27.2 Å². The van der Waals surface area contributed by atoms with Gasteiger partial charge < -0.3 is 9.88 Å². The molecule has 23 heavy (non-hydrogen) atoms. The lowest BCUT2D eigenvalue weighted by Crippen LogP contribution is -2.28. The summed E-state index contributed by atoms with van der Waals surface area (Å²) in [6, 6.07) is 9.83.